The second kappa shape index (κ2) is 5.70. The second-order valence-electron chi connectivity index (χ2n) is 6.72. The van der Waals surface area contributed by atoms with E-state index in [4.69, 9.17) is 0 Å². The van der Waals surface area contributed by atoms with E-state index in [1.807, 2.05) is 0 Å². The van der Waals surface area contributed by atoms with Gasteiger partial charge in [0.2, 0.25) is 0 Å². The Kier molecular flexibility index (Phi) is 4.11. The molecular formula is C17H26N2S. The van der Waals surface area contributed by atoms with E-state index < -0.39 is 0 Å². The van der Waals surface area contributed by atoms with Crippen LogP contribution in [0.15, 0.2) is 29.2 Å². The Labute approximate surface area is 127 Å². The molecule has 1 fully saturated rings. The molecule has 3 rings (SSSR count). The van der Waals surface area contributed by atoms with Crippen LogP contribution in [0.2, 0.25) is 0 Å². The summed E-state index contributed by atoms with van der Waals surface area (Å²) < 4.78 is 0. The predicted octanol–water partition coefficient (Wildman–Crippen LogP) is 3.12. The average molecular weight is 290 g/mol. The predicted molar refractivity (Wildman–Crippen MR) is 87.6 cm³/mol. The van der Waals surface area contributed by atoms with Crippen LogP contribution in [0.5, 0.6) is 0 Å². The van der Waals surface area contributed by atoms with Crippen LogP contribution in [0.4, 0.5) is 0 Å². The molecule has 2 aliphatic rings. The molecular weight excluding hydrogens is 264 g/mol. The summed E-state index contributed by atoms with van der Waals surface area (Å²) in [4.78, 5) is 6.50. The van der Waals surface area contributed by atoms with Crippen LogP contribution in [0, 0.1) is 0 Å². The lowest BCUT2D eigenvalue weighted by molar-refractivity contribution is 0.0281. The molecule has 0 spiro atoms. The molecule has 1 heterocycles. The summed E-state index contributed by atoms with van der Waals surface area (Å²) in [6, 6.07) is 8.89. The molecule has 3 heteroatoms. The fourth-order valence-corrected chi connectivity index (χ4v) is 5.01. The van der Waals surface area contributed by atoms with E-state index >= 15 is 0 Å². The van der Waals surface area contributed by atoms with Crippen molar-refractivity contribution in [3.8, 4) is 0 Å². The van der Waals surface area contributed by atoms with Gasteiger partial charge in [0.1, 0.15) is 0 Å². The van der Waals surface area contributed by atoms with Gasteiger partial charge in [-0.1, -0.05) is 18.2 Å². The molecule has 0 bridgehead atoms. The Bertz CT molecular complexity index is 443. The normalized spacial score (nSPS) is 23.9. The van der Waals surface area contributed by atoms with E-state index in [0.717, 1.165) is 5.25 Å². The zero-order valence-corrected chi connectivity index (χ0v) is 13.7. The van der Waals surface area contributed by atoms with Gasteiger partial charge in [0.25, 0.3) is 0 Å². The molecule has 1 saturated carbocycles. The summed E-state index contributed by atoms with van der Waals surface area (Å²) in [5, 5.41) is 0.733. The van der Waals surface area contributed by atoms with Crippen molar-refractivity contribution in [2.24, 2.45) is 0 Å². The lowest BCUT2D eigenvalue weighted by Gasteiger charge is -2.49. The van der Waals surface area contributed by atoms with E-state index in [0.29, 0.717) is 5.54 Å². The molecule has 20 heavy (non-hydrogen) atoms. The largest absolute Gasteiger partial charge is 0.303 e. The van der Waals surface area contributed by atoms with Crippen molar-refractivity contribution in [3.05, 3.63) is 29.8 Å². The number of hydrogen-bond donors (Lipinski definition) is 0. The summed E-state index contributed by atoms with van der Waals surface area (Å²) in [5.74, 6) is 0. The van der Waals surface area contributed by atoms with Crippen molar-refractivity contribution in [2.45, 2.75) is 41.4 Å². The highest BCUT2D eigenvalue weighted by atomic mass is 32.2. The number of thioether (sulfide) groups is 1. The monoisotopic (exact) mass is 290 g/mol. The molecule has 0 saturated heterocycles. The summed E-state index contributed by atoms with van der Waals surface area (Å²) in [6.45, 7) is 2.42. The summed E-state index contributed by atoms with van der Waals surface area (Å²) in [5.41, 5.74) is 1.99. The highest BCUT2D eigenvalue weighted by molar-refractivity contribution is 8.00. The molecule has 1 aliphatic heterocycles. The molecule has 2 nitrogen and oxygen atoms in total. The minimum atomic E-state index is 0.449. The van der Waals surface area contributed by atoms with Crippen LogP contribution in [-0.2, 0) is 6.42 Å². The maximum Gasteiger partial charge on any atom is 0.0330 e. The minimum Gasteiger partial charge on any atom is -0.303 e. The maximum absolute atomic E-state index is 2.56. The number of fused-ring (bicyclic) bond motifs is 1. The molecule has 1 atom stereocenters. The van der Waals surface area contributed by atoms with Crippen molar-refractivity contribution >= 4 is 11.8 Å². The fourth-order valence-electron chi connectivity index (χ4n) is 3.60. The molecule has 0 N–H and O–H groups in total. The SMILES string of the molecule is CN(CC1Cc2ccccc2S1)CC1(N(C)C)CCC1. The van der Waals surface area contributed by atoms with E-state index in [1.54, 1.807) is 5.56 Å². The van der Waals surface area contributed by atoms with Gasteiger partial charge in [-0.2, -0.15) is 0 Å². The third-order valence-electron chi connectivity index (χ3n) is 5.03. The molecule has 1 aromatic carbocycles. The zero-order valence-electron chi connectivity index (χ0n) is 12.9. The Hall–Kier alpha value is -0.510. The quantitative estimate of drug-likeness (QED) is 0.823. The highest BCUT2D eigenvalue weighted by Gasteiger charge is 2.40. The fraction of sp³-hybridized carbons (Fsp3) is 0.647. The van der Waals surface area contributed by atoms with E-state index in [-0.39, 0.29) is 0 Å². The van der Waals surface area contributed by atoms with Gasteiger partial charge in [-0.3, -0.25) is 0 Å². The van der Waals surface area contributed by atoms with Crippen molar-refractivity contribution in [2.75, 3.05) is 34.2 Å². The lowest BCUT2D eigenvalue weighted by atomic mass is 9.75. The molecule has 1 unspecified atom stereocenters. The first-order chi connectivity index (χ1) is 9.59. The van der Waals surface area contributed by atoms with Crippen molar-refractivity contribution in [1.29, 1.82) is 0 Å². The second-order valence-corrected chi connectivity index (χ2v) is 8.06. The topological polar surface area (TPSA) is 6.48 Å². The molecule has 110 valence electrons. The highest BCUT2D eigenvalue weighted by Crippen LogP contribution is 2.39. The Balaban J connectivity index is 1.54. The van der Waals surface area contributed by atoms with Gasteiger partial charge in [0.15, 0.2) is 0 Å². The third-order valence-corrected chi connectivity index (χ3v) is 6.33. The molecule has 1 aliphatic carbocycles. The lowest BCUT2D eigenvalue weighted by Crippen LogP contribution is -2.57. The third kappa shape index (κ3) is 2.76. The van der Waals surface area contributed by atoms with Crippen molar-refractivity contribution < 1.29 is 0 Å². The first-order valence-electron chi connectivity index (χ1n) is 7.70. The van der Waals surface area contributed by atoms with E-state index in [9.17, 15) is 0 Å². The van der Waals surface area contributed by atoms with Crippen LogP contribution in [0.3, 0.4) is 0 Å². The van der Waals surface area contributed by atoms with Gasteiger partial charge in [-0.25, -0.2) is 0 Å². The summed E-state index contributed by atoms with van der Waals surface area (Å²) in [6.07, 6.45) is 5.36. The van der Waals surface area contributed by atoms with Gasteiger partial charge in [-0.05, 0) is 58.5 Å². The Morgan fingerprint density at radius 2 is 1.95 bits per heavy atom. The summed E-state index contributed by atoms with van der Waals surface area (Å²) in [7, 11) is 6.79. The Morgan fingerprint density at radius 1 is 1.20 bits per heavy atom. The number of benzene rings is 1. The number of hydrogen-bond acceptors (Lipinski definition) is 3. The number of rotatable bonds is 5. The van der Waals surface area contributed by atoms with Crippen LogP contribution in [-0.4, -0.2) is 54.8 Å². The maximum atomic E-state index is 2.56. The van der Waals surface area contributed by atoms with Crippen molar-refractivity contribution in [3.63, 3.8) is 0 Å². The van der Waals surface area contributed by atoms with Crippen LogP contribution < -0.4 is 0 Å². The van der Waals surface area contributed by atoms with Crippen LogP contribution in [0.25, 0.3) is 0 Å². The molecule has 0 aromatic heterocycles. The molecule has 1 aromatic rings. The standard InChI is InChI=1S/C17H26N2S/c1-18(2)17(9-6-10-17)13-19(3)12-15-11-14-7-4-5-8-16(14)20-15/h4-5,7-8,15H,6,9-13H2,1-3H3. The molecule has 0 radical (unpaired) electrons. The van der Waals surface area contributed by atoms with Gasteiger partial charge in [0, 0.05) is 28.8 Å². The van der Waals surface area contributed by atoms with Gasteiger partial charge in [0.05, 0.1) is 0 Å². The average Bonchev–Trinajstić information content (AvgIpc) is 2.75. The van der Waals surface area contributed by atoms with Crippen molar-refractivity contribution in [1.82, 2.24) is 9.80 Å². The first-order valence-corrected chi connectivity index (χ1v) is 8.58. The van der Waals surface area contributed by atoms with E-state index in [1.165, 1.54) is 43.7 Å². The Morgan fingerprint density at radius 3 is 2.55 bits per heavy atom. The number of nitrogens with zero attached hydrogens (tertiary/aromatic N) is 2. The van der Waals surface area contributed by atoms with Gasteiger partial charge < -0.3 is 9.80 Å². The van der Waals surface area contributed by atoms with Crippen LogP contribution in [0.1, 0.15) is 24.8 Å². The zero-order chi connectivity index (χ0) is 14.2. The molecule has 0 amide bonds. The van der Waals surface area contributed by atoms with Gasteiger partial charge >= 0.3 is 0 Å². The van der Waals surface area contributed by atoms with E-state index in [2.05, 4.69) is 67.0 Å². The summed E-state index contributed by atoms with van der Waals surface area (Å²) >= 11 is 2.07. The van der Waals surface area contributed by atoms with Crippen LogP contribution >= 0.6 is 11.8 Å². The number of likely N-dealkylation sites (N-methyl/N-ethyl adjacent to an activating group) is 2. The first kappa shape index (κ1) is 14.4. The smallest absolute Gasteiger partial charge is 0.0330 e. The minimum absolute atomic E-state index is 0.449. The van der Waals surface area contributed by atoms with Gasteiger partial charge in [-0.15, -0.1) is 11.8 Å².